The summed E-state index contributed by atoms with van der Waals surface area (Å²) in [7, 11) is 1.74. The van der Waals surface area contributed by atoms with Crippen LogP contribution >= 0.6 is 0 Å². The van der Waals surface area contributed by atoms with E-state index >= 15 is 0 Å². The van der Waals surface area contributed by atoms with Gasteiger partial charge in [-0.15, -0.1) is 0 Å². The molecule has 0 unspecified atom stereocenters. The summed E-state index contributed by atoms with van der Waals surface area (Å²) in [4.78, 5) is 17.1. The topological polar surface area (TPSA) is 65.6 Å². The average molecular weight is 390 g/mol. The summed E-state index contributed by atoms with van der Waals surface area (Å²) in [5, 5.41) is 10.4. The van der Waals surface area contributed by atoms with Crippen molar-refractivity contribution in [2.45, 2.75) is 38.8 Å². The van der Waals surface area contributed by atoms with E-state index in [1.165, 1.54) is 46.9 Å². The van der Waals surface area contributed by atoms with Gasteiger partial charge in [0.1, 0.15) is 5.75 Å². The minimum atomic E-state index is -0.875. The van der Waals surface area contributed by atoms with Gasteiger partial charge in [-0.3, -0.25) is 4.90 Å². The number of rotatable bonds is 5. The third-order valence-electron chi connectivity index (χ3n) is 6.98. The number of carboxylic acid groups (broad SMARTS) is 1. The molecule has 1 spiro atoms. The molecule has 0 amide bonds. The molecule has 150 valence electrons. The number of nitrogens with zero attached hydrogens (tertiary/aromatic N) is 1. The molecule has 1 atom stereocenters. The molecule has 1 saturated carbocycles. The predicted molar refractivity (Wildman–Crippen MR) is 112 cm³/mol. The highest BCUT2D eigenvalue weighted by molar-refractivity contribution is 5.88. The molecule has 0 radical (unpaired) electrons. The van der Waals surface area contributed by atoms with Crippen molar-refractivity contribution in [2.24, 2.45) is 5.41 Å². The number of hydrogen-bond donors (Lipinski definition) is 2. The second kappa shape index (κ2) is 6.63. The van der Waals surface area contributed by atoms with Crippen molar-refractivity contribution in [2.75, 3.05) is 13.7 Å². The van der Waals surface area contributed by atoms with E-state index in [2.05, 4.69) is 28.9 Å². The van der Waals surface area contributed by atoms with E-state index in [9.17, 15) is 9.90 Å². The number of methoxy groups -OCH3 is 1. The van der Waals surface area contributed by atoms with Gasteiger partial charge in [0.05, 0.1) is 12.7 Å². The normalized spacial score (nSPS) is 20.4. The van der Waals surface area contributed by atoms with E-state index < -0.39 is 5.97 Å². The van der Waals surface area contributed by atoms with Crippen LogP contribution < -0.4 is 4.74 Å². The third kappa shape index (κ3) is 2.76. The lowest BCUT2D eigenvalue weighted by Crippen LogP contribution is -2.61. The van der Waals surface area contributed by atoms with Crippen LogP contribution in [0.5, 0.6) is 5.75 Å². The summed E-state index contributed by atoms with van der Waals surface area (Å²) in [6, 6.07) is 12.0. The summed E-state index contributed by atoms with van der Waals surface area (Å²) in [5.74, 6) is 0.0590. The van der Waals surface area contributed by atoms with Gasteiger partial charge in [0, 0.05) is 47.2 Å². The molecule has 29 heavy (non-hydrogen) atoms. The van der Waals surface area contributed by atoms with Gasteiger partial charge >= 0.3 is 5.97 Å². The standard InChI is InChI=1S/C24H26N2O3/c1-15-12-20(29-2)19(18-8-11-25-21(15)18)13-26-14-24(9-3-10-24)22(26)16-4-6-17(7-5-16)23(27)28/h4-8,11-12,22,25H,3,9-10,13-14H2,1-2H3,(H,27,28)/t22-/m1/s1. The first-order valence-electron chi connectivity index (χ1n) is 10.2. The van der Waals surface area contributed by atoms with E-state index in [0.29, 0.717) is 17.0 Å². The Morgan fingerprint density at radius 2 is 2.03 bits per heavy atom. The SMILES string of the molecule is COc1cc(C)c2[nH]ccc2c1CN1CC2(CCC2)[C@H]1c1ccc(C(=O)O)cc1. The summed E-state index contributed by atoms with van der Waals surface area (Å²) in [6.07, 6.45) is 5.78. The monoisotopic (exact) mass is 390 g/mol. The number of likely N-dealkylation sites (tertiary alicyclic amines) is 1. The smallest absolute Gasteiger partial charge is 0.335 e. The number of H-pyrrole nitrogens is 1. The molecule has 5 rings (SSSR count). The second-order valence-electron chi connectivity index (χ2n) is 8.59. The molecule has 1 aliphatic carbocycles. The van der Waals surface area contributed by atoms with E-state index in [1.807, 2.05) is 18.3 Å². The van der Waals surface area contributed by atoms with Crippen LogP contribution in [0.15, 0.2) is 42.6 Å². The number of benzene rings is 2. The predicted octanol–water partition coefficient (Wildman–Crippen LogP) is 4.91. The molecular weight excluding hydrogens is 364 g/mol. The largest absolute Gasteiger partial charge is 0.496 e. The van der Waals surface area contributed by atoms with Crippen molar-refractivity contribution < 1.29 is 14.6 Å². The molecular formula is C24H26N2O3. The fraction of sp³-hybridized carbons (Fsp3) is 0.375. The van der Waals surface area contributed by atoms with Crippen molar-refractivity contribution in [3.8, 4) is 5.75 Å². The molecule has 2 aliphatic rings. The maximum Gasteiger partial charge on any atom is 0.335 e. The maximum absolute atomic E-state index is 11.2. The van der Waals surface area contributed by atoms with Crippen LogP contribution in [0.2, 0.25) is 0 Å². The minimum Gasteiger partial charge on any atom is -0.496 e. The zero-order valence-electron chi connectivity index (χ0n) is 16.9. The number of carbonyl (C=O) groups is 1. The van der Waals surface area contributed by atoms with Crippen LogP contribution in [0.25, 0.3) is 10.9 Å². The summed E-state index contributed by atoms with van der Waals surface area (Å²) in [5.41, 5.74) is 5.48. The molecule has 1 aromatic heterocycles. The number of nitrogens with one attached hydrogen (secondary N) is 1. The maximum atomic E-state index is 11.2. The van der Waals surface area contributed by atoms with E-state index in [4.69, 9.17) is 4.74 Å². The zero-order valence-corrected chi connectivity index (χ0v) is 16.9. The van der Waals surface area contributed by atoms with Gasteiger partial charge in [-0.05, 0) is 55.2 Å². The van der Waals surface area contributed by atoms with Crippen LogP contribution in [0, 0.1) is 12.3 Å². The van der Waals surface area contributed by atoms with Gasteiger partial charge in [0.15, 0.2) is 0 Å². The Bertz CT molecular complexity index is 1080. The first-order valence-corrected chi connectivity index (χ1v) is 10.2. The van der Waals surface area contributed by atoms with Crippen LogP contribution in [-0.4, -0.2) is 34.6 Å². The minimum absolute atomic E-state index is 0.332. The Hall–Kier alpha value is -2.79. The van der Waals surface area contributed by atoms with E-state index in [1.54, 1.807) is 19.2 Å². The molecule has 2 aromatic carbocycles. The number of aromatic amines is 1. The van der Waals surface area contributed by atoms with Crippen molar-refractivity contribution in [3.05, 3.63) is 64.8 Å². The zero-order chi connectivity index (χ0) is 20.2. The van der Waals surface area contributed by atoms with Gasteiger partial charge in [-0.2, -0.15) is 0 Å². The van der Waals surface area contributed by atoms with Crippen molar-refractivity contribution in [1.82, 2.24) is 9.88 Å². The summed E-state index contributed by atoms with van der Waals surface area (Å²) >= 11 is 0. The molecule has 2 N–H and O–H groups in total. The van der Waals surface area contributed by atoms with Gasteiger partial charge in [-0.25, -0.2) is 4.79 Å². The van der Waals surface area contributed by atoms with Gasteiger partial charge in [0.25, 0.3) is 0 Å². The number of ether oxygens (including phenoxy) is 1. The highest BCUT2D eigenvalue weighted by Gasteiger charge is 2.56. The van der Waals surface area contributed by atoms with Crippen molar-refractivity contribution in [3.63, 3.8) is 0 Å². The molecule has 2 heterocycles. The average Bonchev–Trinajstić information content (AvgIpc) is 3.15. The number of aryl methyl sites for hydroxylation is 1. The van der Waals surface area contributed by atoms with Crippen LogP contribution in [0.3, 0.4) is 0 Å². The number of hydrogen-bond acceptors (Lipinski definition) is 3. The lowest BCUT2D eigenvalue weighted by Gasteiger charge is -2.63. The van der Waals surface area contributed by atoms with Crippen molar-refractivity contribution in [1.29, 1.82) is 0 Å². The van der Waals surface area contributed by atoms with Crippen LogP contribution in [0.1, 0.15) is 52.4 Å². The molecule has 1 aliphatic heterocycles. The fourth-order valence-corrected chi connectivity index (χ4v) is 5.42. The first kappa shape index (κ1) is 18.3. The lowest BCUT2D eigenvalue weighted by atomic mass is 9.56. The Labute approximate surface area is 170 Å². The fourth-order valence-electron chi connectivity index (χ4n) is 5.42. The summed E-state index contributed by atoms with van der Waals surface area (Å²) in [6.45, 7) is 4.01. The molecule has 0 bridgehead atoms. The quantitative estimate of drug-likeness (QED) is 0.650. The highest BCUT2D eigenvalue weighted by atomic mass is 16.5. The number of aromatic carboxylic acids is 1. The second-order valence-corrected chi connectivity index (χ2v) is 8.59. The van der Waals surface area contributed by atoms with E-state index in [0.717, 1.165) is 18.8 Å². The van der Waals surface area contributed by atoms with Gasteiger partial charge in [0.2, 0.25) is 0 Å². The molecule has 1 saturated heterocycles. The molecule has 5 heteroatoms. The number of fused-ring (bicyclic) bond motifs is 1. The summed E-state index contributed by atoms with van der Waals surface area (Å²) < 4.78 is 5.74. The molecule has 5 nitrogen and oxygen atoms in total. The molecule has 2 fully saturated rings. The first-order chi connectivity index (χ1) is 14.0. The van der Waals surface area contributed by atoms with Gasteiger partial charge in [-0.1, -0.05) is 18.6 Å². The Morgan fingerprint density at radius 1 is 1.28 bits per heavy atom. The third-order valence-corrected chi connectivity index (χ3v) is 6.98. The number of aromatic nitrogens is 1. The molecule has 3 aromatic rings. The lowest BCUT2D eigenvalue weighted by molar-refractivity contribution is -0.134. The Balaban J connectivity index is 1.50. The Morgan fingerprint density at radius 3 is 2.66 bits per heavy atom. The van der Waals surface area contributed by atoms with E-state index in [-0.39, 0.29) is 0 Å². The number of carboxylic acids is 1. The highest BCUT2D eigenvalue weighted by Crippen LogP contribution is 2.61. The van der Waals surface area contributed by atoms with Crippen LogP contribution in [-0.2, 0) is 6.54 Å². The van der Waals surface area contributed by atoms with Crippen LogP contribution in [0.4, 0.5) is 0 Å². The van der Waals surface area contributed by atoms with Crippen molar-refractivity contribution >= 4 is 16.9 Å². The van der Waals surface area contributed by atoms with Gasteiger partial charge < -0.3 is 14.8 Å². The Kier molecular flexibility index (Phi) is 4.17.